The van der Waals surface area contributed by atoms with Gasteiger partial charge >= 0.3 is 0 Å². The van der Waals surface area contributed by atoms with Crippen molar-refractivity contribution in [3.63, 3.8) is 0 Å². The van der Waals surface area contributed by atoms with Gasteiger partial charge in [0.1, 0.15) is 0 Å². The first-order valence-corrected chi connectivity index (χ1v) is 8.24. The maximum Gasteiger partial charge on any atom is -0.0272 e. The Hall–Kier alpha value is 0. The van der Waals surface area contributed by atoms with Crippen LogP contribution in [0.25, 0.3) is 0 Å². The average molecular weight is 252 g/mol. The fraction of sp³-hybridized carbons (Fsp3) is 1.00. The molecule has 1 saturated carbocycles. The van der Waals surface area contributed by atoms with Crippen LogP contribution in [0.15, 0.2) is 0 Å². The van der Waals surface area contributed by atoms with E-state index in [0.29, 0.717) is 16.2 Å². The Morgan fingerprint density at radius 3 is 2.00 bits per heavy atom. The minimum atomic E-state index is 0.497. The highest BCUT2D eigenvalue weighted by Crippen LogP contribution is 2.57. The smallest absolute Gasteiger partial charge is 0.0272 e. The molecule has 0 nitrogen and oxygen atoms in total. The molecule has 0 radical (unpaired) electrons. The molecule has 1 aliphatic rings. The van der Waals surface area contributed by atoms with Crippen LogP contribution in [0.4, 0.5) is 0 Å². The molecule has 1 rings (SSSR count). The molecule has 108 valence electrons. The molecule has 0 heteroatoms. The third-order valence-corrected chi connectivity index (χ3v) is 6.85. The van der Waals surface area contributed by atoms with Crippen molar-refractivity contribution < 1.29 is 0 Å². The zero-order chi connectivity index (χ0) is 14.0. The van der Waals surface area contributed by atoms with Gasteiger partial charge in [-0.3, -0.25) is 0 Å². The molecule has 0 aromatic rings. The molecule has 0 amide bonds. The predicted molar refractivity (Wildman–Crippen MR) is 82.8 cm³/mol. The molecular weight excluding hydrogens is 216 g/mol. The van der Waals surface area contributed by atoms with Crippen molar-refractivity contribution in [2.24, 2.45) is 22.2 Å². The Morgan fingerprint density at radius 2 is 1.56 bits per heavy atom. The monoisotopic (exact) mass is 252 g/mol. The summed E-state index contributed by atoms with van der Waals surface area (Å²) in [6.45, 7) is 17.4. The molecule has 0 bridgehead atoms. The zero-order valence-electron chi connectivity index (χ0n) is 14.0. The van der Waals surface area contributed by atoms with Gasteiger partial charge in [-0.1, -0.05) is 74.1 Å². The third-order valence-electron chi connectivity index (χ3n) is 6.85. The first kappa shape index (κ1) is 16.1. The lowest BCUT2D eigenvalue weighted by molar-refractivity contribution is -0.0294. The van der Waals surface area contributed by atoms with Crippen LogP contribution in [0.3, 0.4) is 0 Å². The fourth-order valence-electron chi connectivity index (χ4n) is 4.43. The maximum absolute atomic E-state index is 2.57. The molecule has 0 spiro atoms. The highest BCUT2D eigenvalue weighted by Gasteiger charge is 2.47. The van der Waals surface area contributed by atoms with E-state index >= 15 is 0 Å². The lowest BCUT2D eigenvalue weighted by Crippen LogP contribution is -2.43. The summed E-state index contributed by atoms with van der Waals surface area (Å²) >= 11 is 0. The summed E-state index contributed by atoms with van der Waals surface area (Å²) in [5, 5.41) is 0. The standard InChI is InChI=1S/C18H36/c1-8-15-12-11-13-16(4,5)18(7,10-3)14-17(15,6)9-2/h15H,8-14H2,1-7H3. The molecule has 0 aliphatic heterocycles. The van der Waals surface area contributed by atoms with E-state index < -0.39 is 0 Å². The van der Waals surface area contributed by atoms with Crippen LogP contribution >= 0.6 is 0 Å². The predicted octanol–water partition coefficient (Wildman–Crippen LogP) is 6.45. The van der Waals surface area contributed by atoms with Gasteiger partial charge < -0.3 is 0 Å². The van der Waals surface area contributed by atoms with E-state index in [-0.39, 0.29) is 0 Å². The van der Waals surface area contributed by atoms with Crippen molar-refractivity contribution in [2.45, 2.75) is 93.4 Å². The van der Waals surface area contributed by atoms with Gasteiger partial charge in [0.15, 0.2) is 0 Å². The first-order valence-electron chi connectivity index (χ1n) is 8.24. The highest BCUT2D eigenvalue weighted by molar-refractivity contribution is 4.97. The largest absolute Gasteiger partial charge is 0.0651 e. The molecule has 18 heavy (non-hydrogen) atoms. The Bertz CT molecular complexity index is 265. The Labute approximate surface area is 116 Å². The summed E-state index contributed by atoms with van der Waals surface area (Å²) in [7, 11) is 0. The van der Waals surface area contributed by atoms with E-state index in [2.05, 4.69) is 48.5 Å². The molecule has 1 fully saturated rings. The van der Waals surface area contributed by atoms with Crippen LogP contribution < -0.4 is 0 Å². The van der Waals surface area contributed by atoms with E-state index in [1.807, 2.05) is 0 Å². The second-order valence-corrected chi connectivity index (χ2v) is 7.98. The van der Waals surface area contributed by atoms with E-state index in [4.69, 9.17) is 0 Å². The van der Waals surface area contributed by atoms with Crippen molar-refractivity contribution in [3.8, 4) is 0 Å². The van der Waals surface area contributed by atoms with E-state index in [1.165, 1.54) is 44.9 Å². The minimum absolute atomic E-state index is 0.497. The lowest BCUT2D eigenvalue weighted by Gasteiger charge is -2.53. The topological polar surface area (TPSA) is 0 Å². The number of rotatable bonds is 3. The Kier molecular flexibility index (Phi) is 4.95. The van der Waals surface area contributed by atoms with Crippen LogP contribution in [0.1, 0.15) is 93.4 Å². The summed E-state index contributed by atoms with van der Waals surface area (Å²) in [5.41, 5.74) is 1.56. The molecule has 1 aliphatic carbocycles. The molecule has 3 atom stereocenters. The third kappa shape index (κ3) is 2.78. The van der Waals surface area contributed by atoms with Crippen molar-refractivity contribution >= 4 is 0 Å². The summed E-state index contributed by atoms with van der Waals surface area (Å²) in [6, 6.07) is 0. The van der Waals surface area contributed by atoms with E-state index in [0.717, 1.165) is 5.92 Å². The van der Waals surface area contributed by atoms with Gasteiger partial charge in [0.2, 0.25) is 0 Å². The summed E-state index contributed by atoms with van der Waals surface area (Å²) < 4.78 is 0. The molecule has 0 N–H and O–H groups in total. The molecule has 0 saturated heterocycles. The summed E-state index contributed by atoms with van der Waals surface area (Å²) in [5.74, 6) is 0.935. The molecule has 0 heterocycles. The van der Waals surface area contributed by atoms with Gasteiger partial charge in [0, 0.05) is 0 Å². The SMILES string of the molecule is CCC1CCCC(C)(C)C(C)(CC)CC1(C)CC. The second-order valence-electron chi connectivity index (χ2n) is 7.98. The van der Waals surface area contributed by atoms with Crippen LogP contribution in [0.2, 0.25) is 0 Å². The van der Waals surface area contributed by atoms with Gasteiger partial charge in [-0.2, -0.15) is 0 Å². The fourth-order valence-corrected chi connectivity index (χ4v) is 4.43. The van der Waals surface area contributed by atoms with Gasteiger partial charge in [0.05, 0.1) is 0 Å². The second kappa shape index (κ2) is 5.55. The molecule has 0 aromatic heterocycles. The van der Waals surface area contributed by atoms with Gasteiger partial charge in [-0.05, 0) is 41.4 Å². The maximum atomic E-state index is 2.57. The summed E-state index contributed by atoms with van der Waals surface area (Å²) in [4.78, 5) is 0. The molecule has 3 unspecified atom stereocenters. The minimum Gasteiger partial charge on any atom is -0.0651 e. The quantitative estimate of drug-likeness (QED) is 0.542. The van der Waals surface area contributed by atoms with E-state index in [1.54, 1.807) is 0 Å². The van der Waals surface area contributed by atoms with Crippen LogP contribution in [-0.4, -0.2) is 0 Å². The Morgan fingerprint density at radius 1 is 0.944 bits per heavy atom. The molecular formula is C18H36. The average Bonchev–Trinajstić information content (AvgIpc) is 2.32. The summed E-state index contributed by atoms with van der Waals surface area (Å²) in [6.07, 6.45) is 9.74. The van der Waals surface area contributed by atoms with Crippen LogP contribution in [-0.2, 0) is 0 Å². The van der Waals surface area contributed by atoms with Crippen molar-refractivity contribution in [1.29, 1.82) is 0 Å². The van der Waals surface area contributed by atoms with Gasteiger partial charge in [0.25, 0.3) is 0 Å². The van der Waals surface area contributed by atoms with Crippen LogP contribution in [0.5, 0.6) is 0 Å². The number of hydrogen-bond acceptors (Lipinski definition) is 0. The van der Waals surface area contributed by atoms with Crippen LogP contribution in [0, 0.1) is 22.2 Å². The van der Waals surface area contributed by atoms with Crippen molar-refractivity contribution in [1.82, 2.24) is 0 Å². The Balaban J connectivity index is 3.09. The van der Waals surface area contributed by atoms with Gasteiger partial charge in [-0.25, -0.2) is 0 Å². The van der Waals surface area contributed by atoms with Gasteiger partial charge in [-0.15, -0.1) is 0 Å². The first-order chi connectivity index (χ1) is 8.24. The normalized spacial score (nSPS) is 41.2. The van der Waals surface area contributed by atoms with Crippen molar-refractivity contribution in [3.05, 3.63) is 0 Å². The highest BCUT2D eigenvalue weighted by atomic mass is 14.5. The number of hydrogen-bond donors (Lipinski definition) is 0. The molecule has 0 aromatic carbocycles. The lowest BCUT2D eigenvalue weighted by atomic mass is 9.52. The van der Waals surface area contributed by atoms with E-state index in [9.17, 15) is 0 Å². The van der Waals surface area contributed by atoms with Crippen molar-refractivity contribution in [2.75, 3.05) is 0 Å². The zero-order valence-corrected chi connectivity index (χ0v) is 14.0.